The van der Waals surface area contributed by atoms with Crippen molar-refractivity contribution < 1.29 is 0 Å². The van der Waals surface area contributed by atoms with Gasteiger partial charge in [-0.1, -0.05) is 24.3 Å². The molecule has 1 aromatic heterocycles. The van der Waals surface area contributed by atoms with Crippen LogP contribution in [0.2, 0.25) is 0 Å². The molecule has 2 aromatic carbocycles. The molecule has 0 radical (unpaired) electrons. The van der Waals surface area contributed by atoms with Crippen molar-refractivity contribution in [3.05, 3.63) is 66.1 Å². The number of para-hydroxylation sites is 1. The summed E-state index contributed by atoms with van der Waals surface area (Å²) < 4.78 is 2.24. The lowest BCUT2D eigenvalue weighted by Gasteiger charge is -2.12. The van der Waals surface area contributed by atoms with Crippen LogP contribution in [-0.2, 0) is 0 Å². The summed E-state index contributed by atoms with van der Waals surface area (Å²) in [5, 5.41) is 0. The van der Waals surface area contributed by atoms with Crippen LogP contribution in [0.5, 0.6) is 0 Å². The van der Waals surface area contributed by atoms with Crippen LogP contribution in [0, 0.1) is 6.92 Å². The zero-order valence-electron chi connectivity index (χ0n) is 12.5. The van der Waals surface area contributed by atoms with Crippen LogP contribution in [0.15, 0.2) is 59.7 Å². The van der Waals surface area contributed by atoms with E-state index in [1.807, 2.05) is 18.5 Å². The summed E-state index contributed by atoms with van der Waals surface area (Å²) in [6.45, 7) is 2.10. The van der Waals surface area contributed by atoms with Gasteiger partial charge in [-0.15, -0.1) is 0 Å². The van der Waals surface area contributed by atoms with Gasteiger partial charge >= 0.3 is 0 Å². The van der Waals surface area contributed by atoms with E-state index >= 15 is 0 Å². The van der Waals surface area contributed by atoms with Crippen molar-refractivity contribution >= 4 is 22.8 Å². The van der Waals surface area contributed by atoms with Crippen molar-refractivity contribution in [2.75, 3.05) is 0 Å². The van der Waals surface area contributed by atoms with Gasteiger partial charge in [-0.25, -0.2) is 4.98 Å². The maximum absolute atomic E-state index is 4.89. The number of aliphatic imine (C=N–C) groups is 1. The Bertz CT molecular complexity index is 886. The monoisotopic (exact) mass is 287 g/mol. The molecule has 0 saturated carbocycles. The average Bonchev–Trinajstić information content (AvgIpc) is 2.95. The number of benzene rings is 2. The number of aromatic nitrogens is 2. The first-order valence-electron chi connectivity index (χ1n) is 7.58. The first-order chi connectivity index (χ1) is 10.8. The Morgan fingerprint density at radius 2 is 1.91 bits per heavy atom. The molecule has 0 saturated heterocycles. The SMILES string of the molecule is Cc1ccc2c(c1)nc(C1=CN=CCC1)n2-c1ccccc1. The minimum atomic E-state index is 0.975. The van der Waals surface area contributed by atoms with E-state index in [-0.39, 0.29) is 0 Å². The number of nitrogens with zero attached hydrogens (tertiary/aromatic N) is 3. The van der Waals surface area contributed by atoms with E-state index in [2.05, 4.69) is 58.9 Å². The Balaban J connectivity index is 2.02. The molecule has 108 valence electrons. The Labute approximate surface area is 129 Å². The van der Waals surface area contributed by atoms with Crippen LogP contribution < -0.4 is 0 Å². The Kier molecular flexibility index (Phi) is 3.11. The number of aryl methyl sites for hydroxylation is 1. The van der Waals surface area contributed by atoms with E-state index in [9.17, 15) is 0 Å². The number of allylic oxidation sites excluding steroid dienone is 1. The van der Waals surface area contributed by atoms with E-state index in [0.29, 0.717) is 0 Å². The van der Waals surface area contributed by atoms with Crippen LogP contribution in [-0.4, -0.2) is 15.8 Å². The summed E-state index contributed by atoms with van der Waals surface area (Å²) in [6, 6.07) is 16.8. The topological polar surface area (TPSA) is 30.2 Å². The van der Waals surface area contributed by atoms with E-state index in [1.165, 1.54) is 11.1 Å². The molecule has 3 aromatic rings. The molecule has 0 amide bonds. The third kappa shape index (κ3) is 2.15. The van der Waals surface area contributed by atoms with Crippen LogP contribution in [0.4, 0.5) is 0 Å². The lowest BCUT2D eigenvalue weighted by Crippen LogP contribution is -2.02. The van der Waals surface area contributed by atoms with Crippen molar-refractivity contribution in [1.29, 1.82) is 0 Å². The Hall–Kier alpha value is -2.68. The van der Waals surface area contributed by atoms with Gasteiger partial charge in [0.1, 0.15) is 5.82 Å². The van der Waals surface area contributed by atoms with E-state index < -0.39 is 0 Å². The van der Waals surface area contributed by atoms with Crippen LogP contribution >= 0.6 is 0 Å². The van der Waals surface area contributed by atoms with Crippen molar-refractivity contribution in [1.82, 2.24) is 9.55 Å². The van der Waals surface area contributed by atoms with Gasteiger partial charge in [-0.3, -0.25) is 9.56 Å². The van der Waals surface area contributed by atoms with Gasteiger partial charge in [0.2, 0.25) is 0 Å². The maximum atomic E-state index is 4.89. The van der Waals surface area contributed by atoms with Gasteiger partial charge in [-0.05, 0) is 49.6 Å². The molecular formula is C19H17N3. The first-order valence-corrected chi connectivity index (χ1v) is 7.58. The third-order valence-corrected chi connectivity index (χ3v) is 3.99. The largest absolute Gasteiger partial charge is 0.293 e. The molecule has 0 unspecified atom stereocenters. The quantitative estimate of drug-likeness (QED) is 0.680. The van der Waals surface area contributed by atoms with Crippen LogP contribution in [0.1, 0.15) is 24.2 Å². The van der Waals surface area contributed by atoms with Gasteiger partial charge in [0.15, 0.2) is 0 Å². The van der Waals surface area contributed by atoms with Gasteiger partial charge in [0.05, 0.1) is 11.0 Å². The van der Waals surface area contributed by atoms with E-state index in [1.54, 1.807) is 0 Å². The van der Waals surface area contributed by atoms with Gasteiger partial charge < -0.3 is 0 Å². The summed E-state index contributed by atoms with van der Waals surface area (Å²) in [7, 11) is 0. The van der Waals surface area contributed by atoms with Crippen molar-refractivity contribution in [3.63, 3.8) is 0 Å². The number of hydrogen-bond acceptors (Lipinski definition) is 2. The molecule has 1 aliphatic heterocycles. The molecule has 2 heterocycles. The molecule has 0 bridgehead atoms. The van der Waals surface area contributed by atoms with Crippen molar-refractivity contribution in [2.24, 2.45) is 4.99 Å². The number of fused-ring (bicyclic) bond motifs is 1. The molecule has 1 aliphatic rings. The lowest BCUT2D eigenvalue weighted by atomic mass is 10.1. The molecule has 22 heavy (non-hydrogen) atoms. The smallest absolute Gasteiger partial charge is 0.143 e. The second-order valence-electron chi connectivity index (χ2n) is 5.62. The van der Waals surface area contributed by atoms with Gasteiger partial charge in [-0.2, -0.15) is 0 Å². The first kappa shape index (κ1) is 13.0. The summed E-state index contributed by atoms with van der Waals surface area (Å²) in [5.41, 5.74) is 5.74. The molecular weight excluding hydrogens is 270 g/mol. The second-order valence-corrected chi connectivity index (χ2v) is 5.62. The zero-order chi connectivity index (χ0) is 14.9. The highest BCUT2D eigenvalue weighted by atomic mass is 15.1. The van der Waals surface area contributed by atoms with Gasteiger partial charge in [0, 0.05) is 23.7 Å². The Morgan fingerprint density at radius 3 is 2.68 bits per heavy atom. The summed E-state index contributed by atoms with van der Waals surface area (Å²) in [6.07, 6.45) is 5.86. The predicted octanol–water partition coefficient (Wildman–Crippen LogP) is 4.54. The highest BCUT2D eigenvalue weighted by molar-refractivity contribution is 5.84. The Morgan fingerprint density at radius 1 is 1.05 bits per heavy atom. The fraction of sp³-hybridized carbons (Fsp3) is 0.158. The molecule has 0 fully saturated rings. The molecule has 0 spiro atoms. The summed E-state index contributed by atoms with van der Waals surface area (Å²) in [4.78, 5) is 9.21. The highest BCUT2D eigenvalue weighted by Gasteiger charge is 2.16. The van der Waals surface area contributed by atoms with Crippen LogP contribution in [0.3, 0.4) is 0 Å². The average molecular weight is 287 g/mol. The van der Waals surface area contributed by atoms with Gasteiger partial charge in [0.25, 0.3) is 0 Å². The van der Waals surface area contributed by atoms with Crippen molar-refractivity contribution in [3.8, 4) is 5.69 Å². The molecule has 0 aliphatic carbocycles. The summed E-state index contributed by atoms with van der Waals surface area (Å²) in [5.74, 6) is 1.00. The number of rotatable bonds is 2. The lowest BCUT2D eigenvalue weighted by molar-refractivity contribution is 0.998. The van der Waals surface area contributed by atoms with Crippen LogP contribution in [0.25, 0.3) is 22.3 Å². The maximum Gasteiger partial charge on any atom is 0.143 e. The minimum Gasteiger partial charge on any atom is -0.293 e. The molecule has 3 heteroatoms. The normalized spacial score (nSPS) is 14.3. The van der Waals surface area contributed by atoms with E-state index in [4.69, 9.17) is 4.98 Å². The summed E-state index contributed by atoms with van der Waals surface area (Å²) >= 11 is 0. The third-order valence-electron chi connectivity index (χ3n) is 3.99. The molecule has 3 nitrogen and oxygen atoms in total. The minimum absolute atomic E-state index is 0.975. The zero-order valence-corrected chi connectivity index (χ0v) is 12.5. The van der Waals surface area contributed by atoms with E-state index in [0.717, 1.165) is 35.4 Å². The fourth-order valence-corrected chi connectivity index (χ4v) is 2.92. The molecule has 0 atom stereocenters. The highest BCUT2D eigenvalue weighted by Crippen LogP contribution is 2.29. The molecule has 0 N–H and O–H groups in total. The van der Waals surface area contributed by atoms with Crippen molar-refractivity contribution in [2.45, 2.75) is 19.8 Å². The predicted molar refractivity (Wildman–Crippen MR) is 91.5 cm³/mol. The standard InChI is InChI=1S/C19H17N3/c1-14-9-10-18-17(12-14)21-19(15-6-5-11-20-13-15)22(18)16-7-3-2-4-8-16/h2-4,7-13H,5-6H2,1H3. The number of hydrogen-bond donors (Lipinski definition) is 0. The molecule has 4 rings (SSSR count). The number of imidazole rings is 1. The fourth-order valence-electron chi connectivity index (χ4n) is 2.92. The second kappa shape index (κ2) is 5.26.